The largest absolute Gasteiger partial charge is 0.490 e. The van der Waals surface area contributed by atoms with E-state index in [9.17, 15) is 5.11 Å². The minimum atomic E-state index is -0.728. The van der Waals surface area contributed by atoms with Crippen LogP contribution in [0, 0.1) is 13.8 Å². The lowest BCUT2D eigenvalue weighted by atomic mass is 9.96. The number of benzene rings is 1. The van der Waals surface area contributed by atoms with Crippen molar-refractivity contribution in [3.8, 4) is 5.75 Å². The van der Waals surface area contributed by atoms with E-state index in [0.29, 0.717) is 32.7 Å². The summed E-state index contributed by atoms with van der Waals surface area (Å²) in [5.41, 5.74) is 1.55. The summed E-state index contributed by atoms with van der Waals surface area (Å²) >= 11 is 0. The number of hydrogen-bond donors (Lipinski definition) is 1. The highest BCUT2D eigenvalue weighted by Crippen LogP contribution is 2.24. The Balaban J connectivity index is 1.99. The average Bonchev–Trinajstić information content (AvgIpc) is 2.31. The molecule has 0 radical (unpaired) electrons. The summed E-state index contributed by atoms with van der Waals surface area (Å²) in [6.07, 6.45) is 1.30. The number of hydrogen-bond acceptors (Lipinski definition) is 3. The van der Waals surface area contributed by atoms with Crippen LogP contribution in [0.3, 0.4) is 0 Å². The van der Waals surface area contributed by atoms with Crippen LogP contribution in [0.25, 0.3) is 0 Å². The number of ether oxygens (including phenoxy) is 2. The van der Waals surface area contributed by atoms with E-state index in [1.54, 1.807) is 0 Å². The maximum absolute atomic E-state index is 10.3. The van der Waals surface area contributed by atoms with Gasteiger partial charge >= 0.3 is 0 Å². The van der Waals surface area contributed by atoms with Gasteiger partial charge in [0.2, 0.25) is 0 Å². The third kappa shape index (κ3) is 3.20. The van der Waals surface area contributed by atoms with Gasteiger partial charge in [0.25, 0.3) is 0 Å². The molecule has 1 aliphatic heterocycles. The summed E-state index contributed by atoms with van der Waals surface area (Å²) in [5.74, 6) is 0.866. The first-order valence-corrected chi connectivity index (χ1v) is 6.09. The molecule has 0 amide bonds. The molecule has 0 saturated carbocycles. The minimum absolute atomic E-state index is 0.348. The highest BCUT2D eigenvalue weighted by atomic mass is 16.5. The van der Waals surface area contributed by atoms with E-state index in [-0.39, 0.29) is 0 Å². The van der Waals surface area contributed by atoms with Gasteiger partial charge in [0.05, 0.1) is 0 Å². The van der Waals surface area contributed by atoms with Crippen LogP contribution in [0.2, 0.25) is 0 Å². The normalized spacial score (nSPS) is 19.0. The lowest BCUT2D eigenvalue weighted by Crippen LogP contribution is -2.41. The van der Waals surface area contributed by atoms with Gasteiger partial charge in [-0.25, -0.2) is 0 Å². The van der Waals surface area contributed by atoms with E-state index in [1.165, 1.54) is 5.56 Å². The molecule has 1 N–H and O–H groups in total. The maximum atomic E-state index is 10.3. The van der Waals surface area contributed by atoms with E-state index in [1.807, 2.05) is 26.0 Å². The summed E-state index contributed by atoms with van der Waals surface area (Å²) in [6.45, 7) is 5.64. The fourth-order valence-corrected chi connectivity index (χ4v) is 1.97. The maximum Gasteiger partial charge on any atom is 0.122 e. The highest BCUT2D eigenvalue weighted by molar-refractivity contribution is 5.36. The van der Waals surface area contributed by atoms with Gasteiger partial charge in [-0.1, -0.05) is 12.1 Å². The molecular formula is C14H20O3. The van der Waals surface area contributed by atoms with Crippen LogP contribution in [-0.2, 0) is 4.74 Å². The zero-order chi connectivity index (χ0) is 12.3. The van der Waals surface area contributed by atoms with Crippen LogP contribution in [0.5, 0.6) is 5.75 Å². The molecule has 17 heavy (non-hydrogen) atoms. The van der Waals surface area contributed by atoms with E-state index in [4.69, 9.17) is 9.47 Å². The molecule has 0 spiro atoms. The Kier molecular flexibility index (Phi) is 3.69. The molecule has 0 aromatic heterocycles. The topological polar surface area (TPSA) is 38.7 Å². The summed E-state index contributed by atoms with van der Waals surface area (Å²) in [4.78, 5) is 0. The van der Waals surface area contributed by atoms with Crippen molar-refractivity contribution in [2.45, 2.75) is 32.3 Å². The van der Waals surface area contributed by atoms with Crippen LogP contribution >= 0.6 is 0 Å². The molecule has 1 heterocycles. The van der Waals surface area contributed by atoms with Gasteiger partial charge in [0, 0.05) is 26.1 Å². The zero-order valence-electron chi connectivity index (χ0n) is 10.5. The first-order valence-electron chi connectivity index (χ1n) is 6.09. The number of aryl methyl sites for hydroxylation is 2. The standard InChI is InChI=1S/C14H20O3/c1-11-3-4-12(2)13(9-11)17-10-14(15)5-7-16-8-6-14/h3-4,9,15H,5-8,10H2,1-2H3. The Morgan fingerprint density at radius 3 is 2.71 bits per heavy atom. The number of rotatable bonds is 3. The van der Waals surface area contributed by atoms with Crippen LogP contribution in [0.1, 0.15) is 24.0 Å². The Morgan fingerprint density at radius 2 is 2.00 bits per heavy atom. The third-order valence-electron chi connectivity index (χ3n) is 3.26. The first kappa shape index (κ1) is 12.4. The predicted molar refractivity (Wildman–Crippen MR) is 66.4 cm³/mol. The third-order valence-corrected chi connectivity index (χ3v) is 3.26. The minimum Gasteiger partial charge on any atom is -0.490 e. The highest BCUT2D eigenvalue weighted by Gasteiger charge is 2.30. The molecular weight excluding hydrogens is 216 g/mol. The molecule has 0 unspecified atom stereocenters. The molecule has 1 saturated heterocycles. The van der Waals surface area contributed by atoms with Gasteiger partial charge in [-0.3, -0.25) is 0 Å². The molecule has 1 fully saturated rings. The van der Waals surface area contributed by atoms with Crippen molar-refractivity contribution in [2.75, 3.05) is 19.8 Å². The first-order chi connectivity index (χ1) is 8.09. The van der Waals surface area contributed by atoms with Crippen LogP contribution in [0.4, 0.5) is 0 Å². The molecule has 0 aliphatic carbocycles. The Labute approximate surface area is 102 Å². The van der Waals surface area contributed by atoms with E-state index < -0.39 is 5.60 Å². The molecule has 94 valence electrons. The predicted octanol–water partition coefficient (Wildman–Crippen LogP) is 2.22. The van der Waals surface area contributed by atoms with Gasteiger partial charge in [-0.05, 0) is 31.0 Å². The summed E-state index contributed by atoms with van der Waals surface area (Å²) in [5, 5.41) is 10.3. The van der Waals surface area contributed by atoms with Crippen molar-refractivity contribution >= 4 is 0 Å². The average molecular weight is 236 g/mol. The summed E-state index contributed by atoms with van der Waals surface area (Å²) in [6, 6.07) is 6.11. The van der Waals surface area contributed by atoms with Gasteiger partial charge in [0.15, 0.2) is 0 Å². The number of aliphatic hydroxyl groups is 1. The van der Waals surface area contributed by atoms with Crippen molar-refractivity contribution < 1.29 is 14.6 Å². The van der Waals surface area contributed by atoms with Crippen molar-refractivity contribution in [1.82, 2.24) is 0 Å². The van der Waals surface area contributed by atoms with E-state index in [0.717, 1.165) is 11.3 Å². The van der Waals surface area contributed by atoms with Crippen LogP contribution in [0.15, 0.2) is 18.2 Å². The summed E-state index contributed by atoms with van der Waals surface area (Å²) < 4.78 is 11.0. The Morgan fingerprint density at radius 1 is 1.29 bits per heavy atom. The van der Waals surface area contributed by atoms with Gasteiger partial charge in [-0.2, -0.15) is 0 Å². The second kappa shape index (κ2) is 5.07. The zero-order valence-corrected chi connectivity index (χ0v) is 10.5. The molecule has 2 rings (SSSR count). The fourth-order valence-electron chi connectivity index (χ4n) is 1.97. The second-order valence-corrected chi connectivity index (χ2v) is 4.89. The molecule has 1 aliphatic rings. The van der Waals surface area contributed by atoms with E-state index >= 15 is 0 Å². The molecule has 1 aromatic rings. The lowest BCUT2D eigenvalue weighted by molar-refractivity contribution is -0.0856. The molecule has 0 bridgehead atoms. The smallest absolute Gasteiger partial charge is 0.122 e. The monoisotopic (exact) mass is 236 g/mol. The molecule has 1 aromatic carbocycles. The summed E-state index contributed by atoms with van der Waals surface area (Å²) in [7, 11) is 0. The SMILES string of the molecule is Cc1ccc(C)c(OCC2(O)CCOCC2)c1. The Bertz CT molecular complexity index is 381. The van der Waals surface area contributed by atoms with Crippen LogP contribution < -0.4 is 4.74 Å². The Hall–Kier alpha value is -1.06. The van der Waals surface area contributed by atoms with Gasteiger partial charge in [-0.15, -0.1) is 0 Å². The van der Waals surface area contributed by atoms with Crippen molar-refractivity contribution in [2.24, 2.45) is 0 Å². The molecule has 3 nitrogen and oxygen atoms in total. The van der Waals surface area contributed by atoms with Crippen molar-refractivity contribution in [3.05, 3.63) is 29.3 Å². The second-order valence-electron chi connectivity index (χ2n) is 4.89. The lowest BCUT2D eigenvalue weighted by Gasteiger charge is -2.31. The fraction of sp³-hybridized carbons (Fsp3) is 0.571. The van der Waals surface area contributed by atoms with Crippen LogP contribution in [-0.4, -0.2) is 30.5 Å². The van der Waals surface area contributed by atoms with Gasteiger partial charge < -0.3 is 14.6 Å². The quantitative estimate of drug-likeness (QED) is 0.874. The van der Waals surface area contributed by atoms with E-state index in [2.05, 4.69) is 6.07 Å². The molecule has 0 atom stereocenters. The van der Waals surface area contributed by atoms with Gasteiger partial charge in [0.1, 0.15) is 18.0 Å². The molecule has 3 heteroatoms. The van der Waals surface area contributed by atoms with Crippen molar-refractivity contribution in [3.63, 3.8) is 0 Å². The van der Waals surface area contributed by atoms with Crippen molar-refractivity contribution in [1.29, 1.82) is 0 Å².